The van der Waals surface area contributed by atoms with E-state index in [1.54, 1.807) is 0 Å². The average Bonchev–Trinajstić information content (AvgIpc) is 3.74. The Bertz CT molecular complexity index is 3080. The van der Waals surface area contributed by atoms with E-state index in [2.05, 4.69) is 170 Å². The normalized spacial score (nSPS) is 12.0. The Morgan fingerprint density at radius 1 is 0.260 bits per heavy atom. The van der Waals surface area contributed by atoms with E-state index >= 15 is 0 Å². The van der Waals surface area contributed by atoms with Crippen molar-refractivity contribution in [3.05, 3.63) is 170 Å². The third-order valence-corrected chi connectivity index (χ3v) is 12.9. The van der Waals surface area contributed by atoms with E-state index in [1.807, 2.05) is 22.7 Å². The van der Waals surface area contributed by atoms with Gasteiger partial charge in [0.15, 0.2) is 0 Å². The molecule has 0 aliphatic rings. The minimum Gasteiger partial charge on any atom is -0.134 e. The van der Waals surface area contributed by atoms with Crippen LogP contribution in [0.25, 0.3) is 106 Å². The molecule has 2 aromatic heterocycles. The van der Waals surface area contributed by atoms with E-state index in [0.29, 0.717) is 0 Å². The van der Waals surface area contributed by atoms with Gasteiger partial charge in [-0.2, -0.15) is 0 Å². The van der Waals surface area contributed by atoms with Crippen LogP contribution in [-0.4, -0.2) is 0 Å². The summed E-state index contributed by atoms with van der Waals surface area (Å²) < 4.78 is 5.43. The van der Waals surface area contributed by atoms with Crippen LogP contribution in [0.3, 0.4) is 0 Å². The van der Waals surface area contributed by atoms with Crippen LogP contribution in [0, 0.1) is 0 Å². The average molecular weight is 669 g/mol. The highest BCUT2D eigenvalue weighted by Crippen LogP contribution is 2.51. The maximum atomic E-state index is 2.47. The molecule has 0 atom stereocenters. The van der Waals surface area contributed by atoms with Crippen LogP contribution in [0.15, 0.2) is 170 Å². The molecule has 0 unspecified atom stereocenters. The summed E-state index contributed by atoms with van der Waals surface area (Å²) in [7, 11) is 0. The number of fused-ring (bicyclic) bond motifs is 10. The number of thiophene rings is 2. The second-order valence-electron chi connectivity index (χ2n) is 13.2. The molecule has 11 rings (SSSR count). The molecule has 0 radical (unpaired) electrons. The summed E-state index contributed by atoms with van der Waals surface area (Å²) in [6.07, 6.45) is 0. The smallest absolute Gasteiger partial charge is 0.0448 e. The maximum absolute atomic E-state index is 2.47. The van der Waals surface area contributed by atoms with Gasteiger partial charge in [0.25, 0.3) is 0 Å². The Hall–Kier alpha value is -5.80. The van der Waals surface area contributed by atoms with Gasteiger partial charge in [-0.05, 0) is 78.3 Å². The van der Waals surface area contributed by atoms with Gasteiger partial charge in [-0.3, -0.25) is 0 Å². The van der Waals surface area contributed by atoms with Crippen molar-refractivity contribution in [2.75, 3.05) is 0 Å². The summed E-state index contributed by atoms with van der Waals surface area (Å²) >= 11 is 3.87. The van der Waals surface area contributed by atoms with Gasteiger partial charge in [0.2, 0.25) is 0 Å². The van der Waals surface area contributed by atoms with E-state index in [0.717, 1.165) is 0 Å². The van der Waals surface area contributed by atoms with Gasteiger partial charge >= 0.3 is 0 Å². The number of hydrogen-bond donors (Lipinski definition) is 0. The SMILES string of the molecule is c1ccc(-c2c3ccccc3c(-c3cccc(-c4c5sc6ccccc6c5cc5c4sc4c6ccccc6ccc54)c3)c3ccccc23)cc1. The van der Waals surface area contributed by atoms with Crippen molar-refractivity contribution in [2.45, 2.75) is 0 Å². The van der Waals surface area contributed by atoms with Crippen LogP contribution in [0.4, 0.5) is 0 Å². The van der Waals surface area contributed by atoms with E-state index in [4.69, 9.17) is 0 Å². The molecule has 232 valence electrons. The minimum absolute atomic E-state index is 1.24. The van der Waals surface area contributed by atoms with Gasteiger partial charge in [-0.15, -0.1) is 22.7 Å². The van der Waals surface area contributed by atoms with Crippen LogP contribution < -0.4 is 0 Å². The van der Waals surface area contributed by atoms with Gasteiger partial charge < -0.3 is 0 Å². The van der Waals surface area contributed by atoms with Gasteiger partial charge in [0, 0.05) is 45.9 Å². The van der Waals surface area contributed by atoms with Crippen molar-refractivity contribution in [1.82, 2.24) is 0 Å². The highest BCUT2D eigenvalue weighted by atomic mass is 32.1. The van der Waals surface area contributed by atoms with Crippen molar-refractivity contribution >= 4 is 95.3 Å². The molecule has 0 aliphatic carbocycles. The Kier molecular flexibility index (Phi) is 6.09. The summed E-state index contributed by atoms with van der Waals surface area (Å²) in [5.41, 5.74) is 7.69. The number of rotatable bonds is 3. The Morgan fingerprint density at radius 3 is 1.50 bits per heavy atom. The Morgan fingerprint density at radius 2 is 0.780 bits per heavy atom. The van der Waals surface area contributed by atoms with Gasteiger partial charge in [0.1, 0.15) is 0 Å². The topological polar surface area (TPSA) is 0 Å². The van der Waals surface area contributed by atoms with E-state index in [9.17, 15) is 0 Å². The van der Waals surface area contributed by atoms with Crippen LogP contribution >= 0.6 is 22.7 Å². The molecule has 0 spiro atoms. The quantitative estimate of drug-likeness (QED) is 0.164. The van der Waals surface area contributed by atoms with Gasteiger partial charge in [-0.25, -0.2) is 0 Å². The lowest BCUT2D eigenvalue weighted by atomic mass is 9.85. The van der Waals surface area contributed by atoms with Crippen molar-refractivity contribution in [3.8, 4) is 33.4 Å². The molecular formula is C48H28S2. The molecule has 50 heavy (non-hydrogen) atoms. The molecule has 0 amide bonds. The zero-order chi connectivity index (χ0) is 32.8. The first-order chi connectivity index (χ1) is 24.8. The zero-order valence-corrected chi connectivity index (χ0v) is 28.6. The summed E-state index contributed by atoms with van der Waals surface area (Å²) in [5.74, 6) is 0. The lowest BCUT2D eigenvalue weighted by Gasteiger charge is -2.18. The Labute approximate surface area is 297 Å². The lowest BCUT2D eigenvalue weighted by Crippen LogP contribution is -1.91. The predicted molar refractivity (Wildman–Crippen MR) is 221 cm³/mol. The largest absolute Gasteiger partial charge is 0.134 e. The molecule has 0 bridgehead atoms. The zero-order valence-electron chi connectivity index (χ0n) is 27.0. The lowest BCUT2D eigenvalue weighted by molar-refractivity contribution is 1.65. The second-order valence-corrected chi connectivity index (χ2v) is 15.2. The third kappa shape index (κ3) is 4.04. The molecule has 9 aromatic carbocycles. The third-order valence-electron chi connectivity index (χ3n) is 10.4. The van der Waals surface area contributed by atoms with Crippen LogP contribution in [0.2, 0.25) is 0 Å². The van der Waals surface area contributed by atoms with Crippen molar-refractivity contribution < 1.29 is 0 Å². The minimum atomic E-state index is 1.24. The molecule has 0 aliphatic heterocycles. The molecule has 0 nitrogen and oxygen atoms in total. The predicted octanol–water partition coefficient (Wildman–Crippen LogP) is 14.9. The second kappa shape index (κ2) is 10.9. The molecule has 0 fully saturated rings. The fraction of sp³-hybridized carbons (Fsp3) is 0. The molecule has 2 heteroatoms. The number of benzene rings is 9. The highest BCUT2D eigenvalue weighted by Gasteiger charge is 2.21. The summed E-state index contributed by atoms with van der Waals surface area (Å²) in [6.45, 7) is 0. The molecule has 0 N–H and O–H groups in total. The molecule has 11 aromatic rings. The van der Waals surface area contributed by atoms with Crippen molar-refractivity contribution in [2.24, 2.45) is 0 Å². The highest BCUT2D eigenvalue weighted by molar-refractivity contribution is 7.29. The van der Waals surface area contributed by atoms with Gasteiger partial charge in [0.05, 0.1) is 0 Å². The fourth-order valence-corrected chi connectivity index (χ4v) is 11.0. The first-order valence-corrected chi connectivity index (χ1v) is 18.7. The maximum Gasteiger partial charge on any atom is 0.0448 e. The fourth-order valence-electron chi connectivity index (χ4n) is 8.26. The van der Waals surface area contributed by atoms with Crippen molar-refractivity contribution in [1.29, 1.82) is 0 Å². The van der Waals surface area contributed by atoms with Gasteiger partial charge in [-0.1, -0.05) is 152 Å². The Balaban J connectivity index is 1.25. The van der Waals surface area contributed by atoms with E-state index in [1.165, 1.54) is 106 Å². The van der Waals surface area contributed by atoms with Crippen LogP contribution in [-0.2, 0) is 0 Å². The molecule has 0 saturated heterocycles. The molecule has 2 heterocycles. The molecule has 0 saturated carbocycles. The first kappa shape index (κ1) is 28.1. The monoisotopic (exact) mass is 668 g/mol. The summed E-state index contributed by atoms with van der Waals surface area (Å²) in [6, 6.07) is 62.9. The standard InChI is InChI=1S/C48H28S2/c1-2-14-30(15-3-1)43-35-20-6-8-22-37(35)44(38-23-9-7-21-36(38)43)31-16-12-17-32(27-31)45-47-40(34-19-10-11-24-42(34)49-47)28-41-39-26-25-29-13-4-5-18-33(29)46(39)50-48(41)45/h1-28H. The van der Waals surface area contributed by atoms with Crippen LogP contribution in [0.5, 0.6) is 0 Å². The van der Waals surface area contributed by atoms with Crippen molar-refractivity contribution in [3.63, 3.8) is 0 Å². The summed E-state index contributed by atoms with van der Waals surface area (Å²) in [5, 5.41) is 13.1. The van der Waals surface area contributed by atoms with E-state index < -0.39 is 0 Å². The first-order valence-electron chi connectivity index (χ1n) is 17.1. The number of hydrogen-bond acceptors (Lipinski definition) is 2. The summed E-state index contributed by atoms with van der Waals surface area (Å²) in [4.78, 5) is 0. The van der Waals surface area contributed by atoms with E-state index in [-0.39, 0.29) is 0 Å². The van der Waals surface area contributed by atoms with Crippen LogP contribution in [0.1, 0.15) is 0 Å². The molecular weight excluding hydrogens is 641 g/mol.